The second-order valence-electron chi connectivity index (χ2n) is 10.6. The molecular weight excluding hydrogens is 502 g/mol. The molecule has 2 aromatic heterocycles. The number of anilines is 3. The Balaban J connectivity index is 1.45. The predicted molar refractivity (Wildman–Crippen MR) is 171 cm³/mol. The summed E-state index contributed by atoms with van der Waals surface area (Å²) in [4.78, 5) is 2.37. The van der Waals surface area contributed by atoms with Crippen LogP contribution in [0.15, 0.2) is 142 Å². The van der Waals surface area contributed by atoms with Gasteiger partial charge in [0.05, 0.1) is 22.1 Å². The Morgan fingerprint density at radius 2 is 1.27 bits per heavy atom. The first-order valence-electron chi connectivity index (χ1n) is 14.0. The van der Waals surface area contributed by atoms with Crippen LogP contribution in [0.2, 0.25) is 0 Å². The minimum Gasteiger partial charge on any atom is -0.456 e. The lowest BCUT2D eigenvalue weighted by atomic mass is 10.0. The van der Waals surface area contributed by atoms with E-state index in [4.69, 9.17) is 8.83 Å². The zero-order valence-corrected chi connectivity index (χ0v) is 22.7. The molecule has 2 heterocycles. The Kier molecular flexibility index (Phi) is 5.26. The highest BCUT2D eigenvalue weighted by molar-refractivity contribution is 6.17. The molecule has 3 nitrogen and oxygen atoms in total. The van der Waals surface area contributed by atoms with Crippen molar-refractivity contribution in [3.8, 4) is 0 Å². The number of para-hydroxylation sites is 2. The molecule has 196 valence electrons. The van der Waals surface area contributed by atoms with E-state index in [1.807, 2.05) is 31.2 Å². The van der Waals surface area contributed by atoms with Crippen LogP contribution in [-0.4, -0.2) is 0 Å². The van der Waals surface area contributed by atoms with Crippen LogP contribution in [-0.2, 0) is 6.42 Å². The van der Waals surface area contributed by atoms with E-state index < -0.39 is 0 Å². The minimum absolute atomic E-state index is 0.831. The van der Waals surface area contributed by atoms with Crippen molar-refractivity contribution in [2.75, 3.05) is 4.90 Å². The van der Waals surface area contributed by atoms with Gasteiger partial charge in [-0.1, -0.05) is 79.4 Å². The first-order valence-corrected chi connectivity index (χ1v) is 14.0. The quantitative estimate of drug-likeness (QED) is 0.227. The third-order valence-electron chi connectivity index (χ3n) is 8.12. The number of hydrogen-bond donors (Lipinski definition) is 0. The summed E-state index contributed by atoms with van der Waals surface area (Å²) in [5.74, 6) is 0. The fraction of sp³-hybridized carbons (Fsp3) is 0.0526. The smallest absolute Gasteiger partial charge is 0.137 e. The van der Waals surface area contributed by atoms with E-state index in [0.717, 1.165) is 72.9 Å². The Labute approximate surface area is 237 Å². The molecule has 0 spiro atoms. The molecule has 1 aliphatic rings. The van der Waals surface area contributed by atoms with Crippen molar-refractivity contribution >= 4 is 66.5 Å². The summed E-state index contributed by atoms with van der Waals surface area (Å²) in [6.45, 7) is 6.43. The van der Waals surface area contributed by atoms with Crippen LogP contribution in [0, 0.1) is 0 Å². The SMILES string of the molecule is C=C1Cc2cc(N(c3cccc4oc5ccccc5c34)c3cccc4oc5ccccc5c34)ccc2/C1=C/C=C\C. The number of hydrogen-bond acceptors (Lipinski definition) is 3. The van der Waals surface area contributed by atoms with Crippen molar-refractivity contribution in [3.63, 3.8) is 0 Å². The molecule has 1 aliphatic carbocycles. The highest BCUT2D eigenvalue weighted by atomic mass is 16.3. The molecule has 0 aliphatic heterocycles. The van der Waals surface area contributed by atoms with Gasteiger partial charge in [-0.15, -0.1) is 0 Å². The first kappa shape index (κ1) is 23.6. The number of rotatable bonds is 4. The average Bonchev–Trinajstić information content (AvgIpc) is 3.67. The molecule has 0 radical (unpaired) electrons. The van der Waals surface area contributed by atoms with Crippen LogP contribution in [0.25, 0.3) is 49.5 Å². The van der Waals surface area contributed by atoms with E-state index in [0.29, 0.717) is 0 Å². The summed E-state index contributed by atoms with van der Waals surface area (Å²) < 4.78 is 12.7. The zero-order valence-electron chi connectivity index (χ0n) is 22.7. The maximum atomic E-state index is 6.33. The second kappa shape index (κ2) is 9.14. The van der Waals surface area contributed by atoms with Gasteiger partial charge in [0.1, 0.15) is 22.3 Å². The monoisotopic (exact) mass is 529 g/mol. The molecule has 0 bridgehead atoms. The molecule has 0 N–H and O–H groups in total. The zero-order chi connectivity index (χ0) is 27.5. The summed E-state index contributed by atoms with van der Waals surface area (Å²) >= 11 is 0. The van der Waals surface area contributed by atoms with Gasteiger partial charge in [0.25, 0.3) is 0 Å². The fourth-order valence-corrected chi connectivity index (χ4v) is 6.34. The highest BCUT2D eigenvalue weighted by Gasteiger charge is 2.25. The van der Waals surface area contributed by atoms with Gasteiger partial charge in [-0.3, -0.25) is 0 Å². The lowest BCUT2D eigenvalue weighted by molar-refractivity contribution is 0.668. The Hall–Kier alpha value is -5.28. The van der Waals surface area contributed by atoms with Crippen LogP contribution in [0.5, 0.6) is 0 Å². The molecule has 3 heteroatoms. The fourth-order valence-electron chi connectivity index (χ4n) is 6.34. The first-order chi connectivity index (χ1) is 20.2. The Bertz CT molecular complexity index is 2110. The van der Waals surface area contributed by atoms with Crippen molar-refractivity contribution in [3.05, 3.63) is 145 Å². The van der Waals surface area contributed by atoms with Crippen LogP contribution in [0.1, 0.15) is 18.1 Å². The molecule has 8 rings (SSSR count). The lowest BCUT2D eigenvalue weighted by Crippen LogP contribution is -2.11. The van der Waals surface area contributed by atoms with E-state index in [-0.39, 0.29) is 0 Å². The van der Waals surface area contributed by atoms with Gasteiger partial charge in [0, 0.05) is 16.5 Å². The molecule has 0 atom stereocenters. The van der Waals surface area contributed by atoms with Crippen LogP contribution >= 0.6 is 0 Å². The van der Waals surface area contributed by atoms with Crippen molar-refractivity contribution < 1.29 is 8.83 Å². The molecule has 7 aromatic rings. The van der Waals surface area contributed by atoms with Gasteiger partial charge >= 0.3 is 0 Å². The van der Waals surface area contributed by atoms with E-state index in [9.17, 15) is 0 Å². The summed E-state index contributed by atoms with van der Waals surface area (Å²) in [5.41, 5.74) is 11.6. The summed E-state index contributed by atoms with van der Waals surface area (Å²) in [5, 5.41) is 4.37. The van der Waals surface area contributed by atoms with Crippen LogP contribution < -0.4 is 4.90 Å². The number of benzene rings is 5. The molecule has 5 aromatic carbocycles. The van der Waals surface area contributed by atoms with Gasteiger partial charge < -0.3 is 13.7 Å². The minimum atomic E-state index is 0.831. The van der Waals surface area contributed by atoms with E-state index in [1.54, 1.807) is 0 Å². The molecule has 0 unspecified atom stereocenters. The van der Waals surface area contributed by atoms with Gasteiger partial charge in [-0.05, 0) is 84.1 Å². The predicted octanol–water partition coefficient (Wildman–Crippen LogP) is 11.0. The van der Waals surface area contributed by atoms with Crippen molar-refractivity contribution in [2.24, 2.45) is 0 Å². The van der Waals surface area contributed by atoms with E-state index in [2.05, 4.69) is 109 Å². The van der Waals surface area contributed by atoms with E-state index in [1.165, 1.54) is 16.7 Å². The Morgan fingerprint density at radius 1 is 0.683 bits per heavy atom. The second-order valence-corrected chi connectivity index (χ2v) is 10.6. The van der Waals surface area contributed by atoms with Crippen molar-refractivity contribution in [2.45, 2.75) is 13.3 Å². The molecule has 0 fully saturated rings. The highest BCUT2D eigenvalue weighted by Crippen LogP contribution is 2.48. The van der Waals surface area contributed by atoms with Crippen molar-refractivity contribution in [1.82, 2.24) is 0 Å². The molecule has 0 amide bonds. The van der Waals surface area contributed by atoms with Crippen LogP contribution in [0.3, 0.4) is 0 Å². The molecule has 41 heavy (non-hydrogen) atoms. The molecular formula is C38H27NO2. The van der Waals surface area contributed by atoms with Gasteiger partial charge in [-0.25, -0.2) is 0 Å². The number of fused-ring (bicyclic) bond motifs is 7. The van der Waals surface area contributed by atoms with Crippen molar-refractivity contribution in [1.29, 1.82) is 0 Å². The third-order valence-corrected chi connectivity index (χ3v) is 8.12. The van der Waals surface area contributed by atoms with Gasteiger partial charge in [0.15, 0.2) is 0 Å². The largest absolute Gasteiger partial charge is 0.456 e. The summed E-state index contributed by atoms with van der Waals surface area (Å²) in [6, 6.07) is 36.0. The average molecular weight is 530 g/mol. The maximum absolute atomic E-state index is 6.33. The number of allylic oxidation sites excluding steroid dienone is 5. The Morgan fingerprint density at radius 3 is 1.88 bits per heavy atom. The van der Waals surface area contributed by atoms with Crippen LogP contribution in [0.4, 0.5) is 17.1 Å². The topological polar surface area (TPSA) is 29.5 Å². The standard InChI is InChI=1S/C38H27NO2/c1-3-4-11-27-24(2)22-25-23-26(20-21-28(25)27)39(31-14-9-18-35-37(31)29-12-5-7-16-33(29)40-35)32-15-10-19-36-38(32)30-13-6-8-17-34(30)41-36/h3-21,23H,2,22H2,1H3/b4-3-,27-11+. The normalized spacial score (nSPS) is 14.4. The molecule has 0 saturated carbocycles. The van der Waals surface area contributed by atoms with Gasteiger partial charge in [-0.2, -0.15) is 0 Å². The number of nitrogens with zero attached hydrogens (tertiary/aromatic N) is 1. The number of furan rings is 2. The summed E-state index contributed by atoms with van der Waals surface area (Å²) in [7, 11) is 0. The van der Waals surface area contributed by atoms with Gasteiger partial charge in [0.2, 0.25) is 0 Å². The van der Waals surface area contributed by atoms with E-state index >= 15 is 0 Å². The molecule has 0 saturated heterocycles. The maximum Gasteiger partial charge on any atom is 0.137 e. The summed E-state index contributed by atoms with van der Waals surface area (Å²) in [6.07, 6.45) is 7.14. The lowest BCUT2D eigenvalue weighted by Gasteiger charge is -2.27. The third kappa shape index (κ3) is 3.59.